The molecule has 0 fully saturated rings. The van der Waals surface area contributed by atoms with Gasteiger partial charge >= 0.3 is 0 Å². The number of aromatic nitrogens is 3. The number of amides is 2. The monoisotopic (exact) mass is 429 g/mol. The molecule has 0 unspecified atom stereocenters. The number of thiophene rings is 1. The summed E-state index contributed by atoms with van der Waals surface area (Å²) in [7, 11) is 0. The molecule has 2 amide bonds. The molecule has 0 bridgehead atoms. The van der Waals surface area contributed by atoms with E-state index in [0.29, 0.717) is 28.0 Å². The fourth-order valence-electron chi connectivity index (χ4n) is 2.75. The second kappa shape index (κ2) is 8.05. The standard InChI is InChI=1S/C18H15N5O4S2/c19-15(25)7-23-17(14-2-1-5-28-14)21-22-18(23)29-9-12(24)10-3-4-13-11(6-10)20-16(26)8-27-13/h1-6H,7-9H2,(H2,19,25)(H,20,26). The molecule has 0 saturated carbocycles. The lowest BCUT2D eigenvalue weighted by molar-refractivity contribution is -0.119. The van der Waals surface area contributed by atoms with Crippen molar-refractivity contribution in [2.75, 3.05) is 17.7 Å². The quantitative estimate of drug-likeness (QED) is 0.433. The normalized spacial score (nSPS) is 12.8. The highest BCUT2D eigenvalue weighted by Crippen LogP contribution is 2.30. The molecule has 9 nitrogen and oxygen atoms in total. The number of benzene rings is 1. The van der Waals surface area contributed by atoms with Crippen molar-refractivity contribution in [1.29, 1.82) is 0 Å². The second-order valence-electron chi connectivity index (χ2n) is 6.10. The van der Waals surface area contributed by atoms with Crippen LogP contribution in [0, 0.1) is 0 Å². The Balaban J connectivity index is 1.52. The van der Waals surface area contributed by atoms with Gasteiger partial charge in [0.15, 0.2) is 23.4 Å². The number of carbonyl (C=O) groups is 3. The van der Waals surface area contributed by atoms with Crippen LogP contribution in [0.15, 0.2) is 40.9 Å². The Morgan fingerprint density at radius 3 is 2.93 bits per heavy atom. The Hall–Kier alpha value is -3.18. The van der Waals surface area contributed by atoms with Crippen molar-refractivity contribution < 1.29 is 19.1 Å². The van der Waals surface area contributed by atoms with Crippen LogP contribution in [0.5, 0.6) is 5.75 Å². The van der Waals surface area contributed by atoms with Crippen LogP contribution in [-0.2, 0) is 16.1 Å². The van der Waals surface area contributed by atoms with Crippen molar-refractivity contribution in [3.63, 3.8) is 0 Å². The van der Waals surface area contributed by atoms with Crippen LogP contribution < -0.4 is 15.8 Å². The smallest absolute Gasteiger partial charge is 0.262 e. The van der Waals surface area contributed by atoms with Gasteiger partial charge in [0.2, 0.25) is 5.91 Å². The molecule has 1 aliphatic heterocycles. The van der Waals surface area contributed by atoms with E-state index in [-0.39, 0.29) is 30.6 Å². The number of ketones is 1. The molecule has 3 heterocycles. The summed E-state index contributed by atoms with van der Waals surface area (Å²) in [6.45, 7) is -0.128. The van der Waals surface area contributed by atoms with Gasteiger partial charge in [0.05, 0.1) is 16.3 Å². The maximum absolute atomic E-state index is 12.6. The van der Waals surface area contributed by atoms with Gasteiger partial charge in [0, 0.05) is 5.56 Å². The zero-order valence-electron chi connectivity index (χ0n) is 15.0. The predicted molar refractivity (Wildman–Crippen MR) is 108 cm³/mol. The lowest BCUT2D eigenvalue weighted by Gasteiger charge is -2.18. The molecule has 29 heavy (non-hydrogen) atoms. The van der Waals surface area contributed by atoms with Gasteiger partial charge in [-0.25, -0.2) is 0 Å². The van der Waals surface area contributed by atoms with E-state index in [1.54, 1.807) is 22.8 Å². The van der Waals surface area contributed by atoms with E-state index in [0.717, 1.165) is 4.88 Å². The molecule has 0 aliphatic carbocycles. The van der Waals surface area contributed by atoms with E-state index < -0.39 is 5.91 Å². The number of nitrogens with one attached hydrogen (secondary N) is 1. The summed E-state index contributed by atoms with van der Waals surface area (Å²) < 4.78 is 6.90. The third-order valence-electron chi connectivity index (χ3n) is 4.04. The van der Waals surface area contributed by atoms with Crippen molar-refractivity contribution in [2.24, 2.45) is 5.73 Å². The van der Waals surface area contributed by atoms with Crippen LogP contribution in [0.1, 0.15) is 10.4 Å². The molecular weight excluding hydrogens is 414 g/mol. The molecule has 0 saturated heterocycles. The summed E-state index contributed by atoms with van der Waals surface area (Å²) >= 11 is 2.63. The summed E-state index contributed by atoms with van der Waals surface area (Å²) in [4.78, 5) is 36.4. The predicted octanol–water partition coefficient (Wildman–Crippen LogP) is 1.80. The SMILES string of the molecule is NC(=O)Cn1c(SCC(=O)c2ccc3c(c2)NC(=O)CO3)nnc1-c1cccs1. The number of hydrogen-bond acceptors (Lipinski definition) is 8. The van der Waals surface area contributed by atoms with Crippen LogP contribution in [0.2, 0.25) is 0 Å². The van der Waals surface area contributed by atoms with Gasteiger partial charge in [-0.3, -0.25) is 19.0 Å². The minimum Gasteiger partial charge on any atom is -0.482 e. The van der Waals surface area contributed by atoms with E-state index in [1.165, 1.54) is 23.1 Å². The molecule has 1 aliphatic rings. The molecule has 1 aromatic carbocycles. The Morgan fingerprint density at radius 1 is 1.31 bits per heavy atom. The zero-order chi connectivity index (χ0) is 20.4. The van der Waals surface area contributed by atoms with Crippen LogP contribution in [0.4, 0.5) is 5.69 Å². The minimum atomic E-state index is -0.527. The Morgan fingerprint density at radius 2 is 2.17 bits per heavy atom. The Bertz CT molecular complexity index is 1090. The number of nitrogens with two attached hydrogens (primary N) is 1. The maximum Gasteiger partial charge on any atom is 0.262 e. The van der Waals surface area contributed by atoms with Crippen LogP contribution in [-0.4, -0.2) is 44.7 Å². The largest absolute Gasteiger partial charge is 0.482 e. The van der Waals surface area contributed by atoms with E-state index >= 15 is 0 Å². The number of nitrogens with zero attached hydrogens (tertiary/aromatic N) is 3. The molecule has 4 rings (SSSR count). The number of rotatable bonds is 7. The lowest BCUT2D eigenvalue weighted by Crippen LogP contribution is -2.25. The van der Waals surface area contributed by atoms with Gasteiger partial charge in [-0.15, -0.1) is 21.5 Å². The van der Waals surface area contributed by atoms with Crippen molar-refractivity contribution in [1.82, 2.24) is 14.8 Å². The Kier molecular flexibility index (Phi) is 5.32. The number of anilines is 1. The molecule has 0 atom stereocenters. The first-order valence-corrected chi connectivity index (χ1v) is 10.4. The molecule has 0 radical (unpaired) electrons. The number of carbonyl (C=O) groups excluding carboxylic acids is 3. The topological polar surface area (TPSA) is 129 Å². The molecule has 3 N–H and O–H groups in total. The van der Waals surface area contributed by atoms with Gasteiger partial charge < -0.3 is 15.8 Å². The fourth-order valence-corrected chi connectivity index (χ4v) is 4.30. The number of ether oxygens (including phenoxy) is 1. The zero-order valence-corrected chi connectivity index (χ0v) is 16.6. The number of primary amides is 1. The van der Waals surface area contributed by atoms with Crippen LogP contribution in [0.3, 0.4) is 0 Å². The first-order valence-electron chi connectivity index (χ1n) is 8.49. The second-order valence-corrected chi connectivity index (χ2v) is 7.99. The van der Waals surface area contributed by atoms with E-state index in [9.17, 15) is 14.4 Å². The van der Waals surface area contributed by atoms with Crippen molar-refractivity contribution in [2.45, 2.75) is 11.7 Å². The first kappa shape index (κ1) is 19.2. The highest BCUT2D eigenvalue weighted by molar-refractivity contribution is 7.99. The fraction of sp³-hybridized carbons (Fsp3) is 0.167. The summed E-state index contributed by atoms with van der Waals surface area (Å²) in [5.74, 6) is 0.176. The van der Waals surface area contributed by atoms with Gasteiger partial charge in [-0.2, -0.15) is 0 Å². The molecule has 2 aromatic heterocycles. The number of thioether (sulfide) groups is 1. The van der Waals surface area contributed by atoms with E-state index in [4.69, 9.17) is 10.5 Å². The molecule has 3 aromatic rings. The van der Waals surface area contributed by atoms with Crippen molar-refractivity contribution >= 4 is 46.4 Å². The minimum absolute atomic E-state index is 0.0434. The van der Waals surface area contributed by atoms with Crippen molar-refractivity contribution in [3.05, 3.63) is 41.3 Å². The van der Waals surface area contributed by atoms with Gasteiger partial charge in [0.25, 0.3) is 5.91 Å². The van der Waals surface area contributed by atoms with Gasteiger partial charge in [-0.05, 0) is 29.6 Å². The number of fused-ring (bicyclic) bond motifs is 1. The summed E-state index contributed by atoms with van der Waals surface area (Å²) in [5.41, 5.74) is 6.26. The van der Waals surface area contributed by atoms with Gasteiger partial charge in [-0.1, -0.05) is 17.8 Å². The molecular formula is C18H15N5O4S2. The average Bonchev–Trinajstić information content (AvgIpc) is 3.35. The Labute approximate surface area is 173 Å². The molecule has 0 spiro atoms. The van der Waals surface area contributed by atoms with E-state index in [1.807, 2.05) is 17.5 Å². The van der Waals surface area contributed by atoms with Crippen molar-refractivity contribution in [3.8, 4) is 16.5 Å². The molecule has 11 heteroatoms. The maximum atomic E-state index is 12.6. The third-order valence-corrected chi connectivity index (χ3v) is 5.87. The first-order chi connectivity index (χ1) is 14.0. The van der Waals surface area contributed by atoms with E-state index in [2.05, 4.69) is 15.5 Å². The van der Waals surface area contributed by atoms with Gasteiger partial charge in [0.1, 0.15) is 12.3 Å². The number of hydrogen-bond donors (Lipinski definition) is 2. The van der Waals surface area contributed by atoms with Crippen LogP contribution >= 0.6 is 23.1 Å². The highest BCUT2D eigenvalue weighted by Gasteiger charge is 2.20. The third kappa shape index (κ3) is 4.15. The average molecular weight is 429 g/mol. The number of Topliss-reactive ketones (excluding diaryl/α,β-unsaturated/α-hetero) is 1. The summed E-state index contributed by atoms with van der Waals surface area (Å²) in [6, 6.07) is 8.62. The molecule has 148 valence electrons. The van der Waals surface area contributed by atoms with Crippen LogP contribution in [0.25, 0.3) is 10.7 Å². The highest BCUT2D eigenvalue weighted by atomic mass is 32.2. The summed E-state index contributed by atoms with van der Waals surface area (Å²) in [5, 5.41) is 13.3. The lowest BCUT2D eigenvalue weighted by atomic mass is 10.1. The summed E-state index contributed by atoms with van der Waals surface area (Å²) in [6.07, 6.45) is 0.